The summed E-state index contributed by atoms with van der Waals surface area (Å²) in [7, 11) is 0. The number of rotatable bonds is 6. The van der Waals surface area contributed by atoms with Gasteiger partial charge in [-0.25, -0.2) is 0 Å². The first-order chi connectivity index (χ1) is 28.5. The Labute approximate surface area is 340 Å². The summed E-state index contributed by atoms with van der Waals surface area (Å²) in [6.07, 6.45) is 7.36. The van der Waals surface area contributed by atoms with Crippen molar-refractivity contribution in [1.82, 2.24) is 0 Å². The molecule has 9 aromatic rings. The number of fused-ring (bicyclic) bond motifs is 7. The lowest BCUT2D eigenvalue weighted by Gasteiger charge is -2.32. The van der Waals surface area contributed by atoms with Gasteiger partial charge < -0.3 is 4.90 Å². The second-order valence-electron chi connectivity index (χ2n) is 16.5. The summed E-state index contributed by atoms with van der Waals surface area (Å²) >= 11 is 0. The molecule has 0 N–H and O–H groups in total. The summed E-state index contributed by atoms with van der Waals surface area (Å²) in [6, 6.07) is 71.5. The predicted octanol–water partition coefficient (Wildman–Crippen LogP) is 15.6. The molecule has 58 heavy (non-hydrogen) atoms. The van der Waals surface area contributed by atoms with Gasteiger partial charge in [0.05, 0.1) is 11.4 Å². The molecule has 2 atom stereocenters. The zero-order chi connectivity index (χ0) is 38.8. The summed E-state index contributed by atoms with van der Waals surface area (Å²) in [5.41, 5.74) is 13.8. The summed E-state index contributed by atoms with van der Waals surface area (Å²) < 4.78 is 0. The number of anilines is 3. The van der Waals surface area contributed by atoms with Crippen LogP contribution in [-0.2, 0) is 5.41 Å². The summed E-state index contributed by atoms with van der Waals surface area (Å²) in [6.45, 7) is 4.90. The van der Waals surface area contributed by atoms with Gasteiger partial charge in [0.25, 0.3) is 0 Å². The number of hydrogen-bond donors (Lipinski definition) is 0. The average Bonchev–Trinajstić information content (AvgIpc) is 3.51. The quantitative estimate of drug-likeness (QED) is 0.153. The Morgan fingerprint density at radius 2 is 1.00 bits per heavy atom. The molecule has 2 aliphatic carbocycles. The minimum Gasteiger partial charge on any atom is -0.309 e. The van der Waals surface area contributed by atoms with E-state index < -0.39 is 0 Å². The predicted molar refractivity (Wildman–Crippen MR) is 247 cm³/mol. The number of allylic oxidation sites excluding steroid dienone is 4. The third-order valence-electron chi connectivity index (χ3n) is 12.9. The van der Waals surface area contributed by atoms with Crippen molar-refractivity contribution in [3.05, 3.63) is 229 Å². The number of hydrogen-bond acceptors (Lipinski definition) is 1. The van der Waals surface area contributed by atoms with Crippen molar-refractivity contribution < 1.29 is 0 Å². The molecular formula is C57H43N. The van der Waals surface area contributed by atoms with Gasteiger partial charge in [0.2, 0.25) is 0 Å². The largest absolute Gasteiger partial charge is 0.309 e. The maximum atomic E-state index is 2.55. The van der Waals surface area contributed by atoms with Crippen LogP contribution < -0.4 is 4.90 Å². The van der Waals surface area contributed by atoms with Crippen LogP contribution in [-0.4, -0.2) is 0 Å². The van der Waals surface area contributed by atoms with Gasteiger partial charge in [-0.3, -0.25) is 0 Å². The summed E-state index contributed by atoms with van der Waals surface area (Å²) in [5.74, 6) is 0.674. The molecule has 11 rings (SSSR count). The van der Waals surface area contributed by atoms with Crippen LogP contribution in [0.2, 0.25) is 0 Å². The highest BCUT2D eigenvalue weighted by Crippen LogP contribution is 2.56. The third kappa shape index (κ3) is 5.61. The van der Waals surface area contributed by atoms with E-state index in [-0.39, 0.29) is 5.41 Å². The first-order valence-corrected chi connectivity index (χ1v) is 20.5. The lowest BCUT2D eigenvalue weighted by atomic mass is 9.73. The SMILES string of the molecule is CC1(C)c2cc(N(c3cccc4ccccc34)c3cc4ccccc4c4ccccc34)ccc2C2C=CC(c3ccc(-c4ccc(-c5ccccc5)cc4)cc3)=CC21. The second-order valence-corrected chi connectivity index (χ2v) is 16.5. The molecule has 0 aliphatic heterocycles. The molecule has 0 spiro atoms. The second kappa shape index (κ2) is 13.6. The number of benzene rings is 9. The molecule has 0 saturated carbocycles. The Balaban J connectivity index is 0.973. The summed E-state index contributed by atoms with van der Waals surface area (Å²) in [4.78, 5) is 2.52. The Hall–Kier alpha value is -6.96. The van der Waals surface area contributed by atoms with Crippen LogP contribution in [0.4, 0.5) is 17.1 Å². The van der Waals surface area contributed by atoms with E-state index in [1.165, 1.54) is 93.9 Å². The fourth-order valence-electron chi connectivity index (χ4n) is 9.91. The third-order valence-corrected chi connectivity index (χ3v) is 12.9. The van der Waals surface area contributed by atoms with Gasteiger partial charge in [-0.15, -0.1) is 0 Å². The van der Waals surface area contributed by atoms with Crippen LogP contribution in [0.5, 0.6) is 0 Å². The van der Waals surface area contributed by atoms with Crippen LogP contribution in [0.1, 0.15) is 36.5 Å². The number of nitrogens with zero attached hydrogens (tertiary/aromatic N) is 1. The molecule has 9 aromatic carbocycles. The van der Waals surface area contributed by atoms with E-state index >= 15 is 0 Å². The van der Waals surface area contributed by atoms with Crippen LogP contribution >= 0.6 is 0 Å². The van der Waals surface area contributed by atoms with Crippen LogP contribution in [0.15, 0.2) is 212 Å². The van der Waals surface area contributed by atoms with E-state index in [1.54, 1.807) is 0 Å². The highest BCUT2D eigenvalue weighted by Gasteiger charge is 2.45. The van der Waals surface area contributed by atoms with Gasteiger partial charge in [0.1, 0.15) is 0 Å². The zero-order valence-corrected chi connectivity index (χ0v) is 32.8. The fraction of sp³-hybridized carbons (Fsp3) is 0.0877. The molecule has 276 valence electrons. The van der Waals surface area contributed by atoms with Gasteiger partial charge in [-0.05, 0) is 102 Å². The van der Waals surface area contributed by atoms with Crippen molar-refractivity contribution in [2.75, 3.05) is 4.90 Å². The van der Waals surface area contributed by atoms with E-state index in [9.17, 15) is 0 Å². The lowest BCUT2D eigenvalue weighted by molar-refractivity contribution is 0.395. The highest BCUT2D eigenvalue weighted by atomic mass is 15.1. The minimum absolute atomic E-state index is 0.0810. The molecule has 0 fully saturated rings. The molecule has 0 bridgehead atoms. The van der Waals surface area contributed by atoms with Crippen molar-refractivity contribution in [1.29, 1.82) is 0 Å². The molecule has 0 radical (unpaired) electrons. The van der Waals surface area contributed by atoms with E-state index in [0.29, 0.717) is 11.8 Å². The molecular weight excluding hydrogens is 699 g/mol. The van der Waals surface area contributed by atoms with Crippen LogP contribution in [0, 0.1) is 5.92 Å². The topological polar surface area (TPSA) is 3.24 Å². The molecule has 1 heteroatoms. The molecule has 2 unspecified atom stereocenters. The van der Waals surface area contributed by atoms with Crippen molar-refractivity contribution >= 4 is 55.0 Å². The van der Waals surface area contributed by atoms with Crippen molar-refractivity contribution in [2.45, 2.75) is 25.2 Å². The van der Waals surface area contributed by atoms with Gasteiger partial charge in [0.15, 0.2) is 0 Å². The van der Waals surface area contributed by atoms with Gasteiger partial charge >= 0.3 is 0 Å². The maximum absolute atomic E-state index is 2.55. The van der Waals surface area contributed by atoms with E-state index in [2.05, 4.69) is 231 Å². The van der Waals surface area contributed by atoms with Crippen LogP contribution in [0.3, 0.4) is 0 Å². The van der Waals surface area contributed by atoms with E-state index in [0.717, 1.165) is 0 Å². The maximum Gasteiger partial charge on any atom is 0.0546 e. The standard InChI is InChI=1S/C57H43N/c1-57(2)53-35-44(42-29-27-41(28-30-42)40-25-23-39(24-26-40)38-13-4-3-5-14-38)31-33-50(53)51-34-32-46(37-54(51)57)58(55-22-12-17-43-15-6-9-19-48(43)55)56-36-45-16-7-8-18-47(45)49-20-10-11-21-52(49)56/h3-37,50,53H,1-2H3. The Bertz CT molecular complexity index is 3070. The van der Waals surface area contributed by atoms with Crippen molar-refractivity contribution in [3.63, 3.8) is 0 Å². The fourth-order valence-corrected chi connectivity index (χ4v) is 9.91. The molecule has 0 heterocycles. The lowest BCUT2D eigenvalue weighted by Crippen LogP contribution is -2.25. The Kier molecular flexibility index (Phi) is 8.05. The normalized spacial score (nSPS) is 16.6. The highest BCUT2D eigenvalue weighted by molar-refractivity contribution is 6.15. The van der Waals surface area contributed by atoms with Crippen LogP contribution in [0.25, 0.3) is 60.1 Å². The first-order valence-electron chi connectivity index (χ1n) is 20.5. The summed E-state index contributed by atoms with van der Waals surface area (Å²) in [5, 5.41) is 7.50. The van der Waals surface area contributed by atoms with E-state index in [4.69, 9.17) is 0 Å². The Morgan fingerprint density at radius 3 is 1.72 bits per heavy atom. The monoisotopic (exact) mass is 741 g/mol. The smallest absolute Gasteiger partial charge is 0.0546 e. The molecule has 2 aliphatic rings. The van der Waals surface area contributed by atoms with Crippen molar-refractivity contribution in [2.24, 2.45) is 5.92 Å². The molecule has 0 aromatic heterocycles. The minimum atomic E-state index is -0.0810. The molecule has 0 amide bonds. The van der Waals surface area contributed by atoms with Gasteiger partial charge in [-0.2, -0.15) is 0 Å². The zero-order valence-electron chi connectivity index (χ0n) is 32.8. The average molecular weight is 742 g/mol. The first kappa shape index (κ1) is 34.3. The van der Waals surface area contributed by atoms with Crippen molar-refractivity contribution in [3.8, 4) is 22.3 Å². The molecule has 0 saturated heterocycles. The Morgan fingerprint density at radius 1 is 0.431 bits per heavy atom. The van der Waals surface area contributed by atoms with E-state index in [1.807, 2.05) is 0 Å². The van der Waals surface area contributed by atoms with Gasteiger partial charge in [0, 0.05) is 22.4 Å². The molecule has 1 nitrogen and oxygen atoms in total. The van der Waals surface area contributed by atoms with Gasteiger partial charge in [-0.1, -0.05) is 202 Å².